The minimum Gasteiger partial charge on any atom is -0.480 e. The highest BCUT2D eigenvalue weighted by Crippen LogP contribution is 2.23. The Kier molecular flexibility index (Phi) is 4.10. The van der Waals surface area contributed by atoms with Crippen molar-refractivity contribution < 1.29 is 14.7 Å². The summed E-state index contributed by atoms with van der Waals surface area (Å²) >= 11 is 0. The lowest BCUT2D eigenvalue weighted by molar-refractivity contribution is -0.141. The standard InChI is InChI=1S/C18H18N2O3/c1-12-14(17(21)20-11-5-8-16(20)18(22)23)9-10-15(19-12)13-6-3-2-4-7-13/h2-4,6-7,9-10,16H,5,8,11H2,1H3,(H,22,23)/t16-/m0/s1. The number of pyridine rings is 1. The molecule has 3 rings (SSSR count). The van der Waals surface area contributed by atoms with Crippen molar-refractivity contribution in [3.63, 3.8) is 0 Å². The van der Waals surface area contributed by atoms with E-state index < -0.39 is 12.0 Å². The normalized spacial score (nSPS) is 17.3. The first-order valence-electron chi connectivity index (χ1n) is 7.65. The van der Waals surface area contributed by atoms with E-state index in [9.17, 15) is 14.7 Å². The zero-order valence-corrected chi connectivity index (χ0v) is 12.9. The molecule has 23 heavy (non-hydrogen) atoms. The summed E-state index contributed by atoms with van der Waals surface area (Å²) in [6, 6.07) is 12.6. The molecule has 0 saturated carbocycles. The zero-order valence-electron chi connectivity index (χ0n) is 12.9. The maximum atomic E-state index is 12.7. The molecular weight excluding hydrogens is 292 g/mol. The van der Waals surface area contributed by atoms with Crippen molar-refractivity contribution in [2.75, 3.05) is 6.54 Å². The molecule has 2 heterocycles. The number of carboxylic acid groups (broad SMARTS) is 1. The van der Waals surface area contributed by atoms with Crippen LogP contribution >= 0.6 is 0 Å². The number of hydrogen-bond donors (Lipinski definition) is 1. The Hall–Kier alpha value is -2.69. The summed E-state index contributed by atoms with van der Waals surface area (Å²) in [5.74, 6) is -1.19. The van der Waals surface area contributed by atoms with Gasteiger partial charge >= 0.3 is 5.97 Å². The number of benzene rings is 1. The molecule has 0 radical (unpaired) electrons. The van der Waals surface area contributed by atoms with E-state index in [-0.39, 0.29) is 5.91 Å². The minimum atomic E-state index is -0.942. The van der Waals surface area contributed by atoms with E-state index in [2.05, 4.69) is 4.98 Å². The number of carbonyl (C=O) groups is 2. The van der Waals surface area contributed by atoms with Gasteiger partial charge in [0.25, 0.3) is 5.91 Å². The van der Waals surface area contributed by atoms with Crippen LogP contribution in [0.3, 0.4) is 0 Å². The van der Waals surface area contributed by atoms with Gasteiger partial charge in [0.15, 0.2) is 0 Å². The van der Waals surface area contributed by atoms with Gasteiger partial charge < -0.3 is 10.0 Å². The summed E-state index contributed by atoms with van der Waals surface area (Å²) < 4.78 is 0. The van der Waals surface area contributed by atoms with Gasteiger partial charge in [-0.2, -0.15) is 0 Å². The average Bonchev–Trinajstić information content (AvgIpc) is 3.05. The maximum Gasteiger partial charge on any atom is 0.326 e. The highest BCUT2D eigenvalue weighted by molar-refractivity contribution is 5.98. The van der Waals surface area contributed by atoms with Gasteiger partial charge in [-0.25, -0.2) is 4.79 Å². The highest BCUT2D eigenvalue weighted by atomic mass is 16.4. The quantitative estimate of drug-likeness (QED) is 0.946. The predicted octanol–water partition coefficient (Wildman–Crippen LogP) is 2.75. The lowest BCUT2D eigenvalue weighted by atomic mass is 10.1. The van der Waals surface area contributed by atoms with Crippen LogP contribution in [0.1, 0.15) is 28.9 Å². The van der Waals surface area contributed by atoms with Crippen LogP contribution < -0.4 is 0 Å². The maximum absolute atomic E-state index is 12.7. The van der Waals surface area contributed by atoms with Crippen molar-refractivity contribution in [2.45, 2.75) is 25.8 Å². The van der Waals surface area contributed by atoms with Crippen molar-refractivity contribution in [1.29, 1.82) is 0 Å². The number of carbonyl (C=O) groups excluding carboxylic acids is 1. The van der Waals surface area contributed by atoms with Crippen molar-refractivity contribution in [3.05, 3.63) is 53.7 Å². The van der Waals surface area contributed by atoms with Crippen LogP contribution in [0.2, 0.25) is 0 Å². The van der Waals surface area contributed by atoms with Gasteiger partial charge in [-0.1, -0.05) is 30.3 Å². The Labute approximate surface area is 134 Å². The third-order valence-corrected chi connectivity index (χ3v) is 4.18. The van der Waals surface area contributed by atoms with Crippen LogP contribution in [-0.4, -0.2) is 39.5 Å². The molecule has 1 saturated heterocycles. The third kappa shape index (κ3) is 2.95. The number of amides is 1. The molecule has 0 bridgehead atoms. The number of likely N-dealkylation sites (tertiary alicyclic amines) is 1. The fraction of sp³-hybridized carbons (Fsp3) is 0.278. The van der Waals surface area contributed by atoms with E-state index >= 15 is 0 Å². The third-order valence-electron chi connectivity index (χ3n) is 4.18. The van der Waals surface area contributed by atoms with Crippen molar-refractivity contribution in [1.82, 2.24) is 9.88 Å². The minimum absolute atomic E-state index is 0.250. The van der Waals surface area contributed by atoms with E-state index in [1.165, 1.54) is 4.90 Å². The van der Waals surface area contributed by atoms with Crippen LogP contribution in [0.5, 0.6) is 0 Å². The molecule has 0 spiro atoms. The fourth-order valence-corrected chi connectivity index (χ4v) is 2.98. The van der Waals surface area contributed by atoms with Crippen molar-refractivity contribution in [3.8, 4) is 11.3 Å². The first-order valence-corrected chi connectivity index (χ1v) is 7.65. The second-order valence-electron chi connectivity index (χ2n) is 5.69. The van der Waals surface area contributed by atoms with Crippen molar-refractivity contribution >= 4 is 11.9 Å². The second-order valence-corrected chi connectivity index (χ2v) is 5.69. The fourth-order valence-electron chi connectivity index (χ4n) is 2.98. The molecule has 118 valence electrons. The van der Waals surface area contributed by atoms with E-state index in [4.69, 9.17) is 0 Å². The van der Waals surface area contributed by atoms with Gasteiger partial charge in [0.05, 0.1) is 17.0 Å². The summed E-state index contributed by atoms with van der Waals surface area (Å²) in [7, 11) is 0. The molecular formula is C18H18N2O3. The summed E-state index contributed by atoms with van der Waals surface area (Å²) in [5.41, 5.74) is 2.88. The zero-order chi connectivity index (χ0) is 16.4. The number of rotatable bonds is 3. The van der Waals surface area contributed by atoms with Crippen LogP contribution in [0.4, 0.5) is 0 Å². The van der Waals surface area contributed by atoms with E-state index in [1.807, 2.05) is 30.3 Å². The number of aryl methyl sites for hydroxylation is 1. The Morgan fingerprint density at radius 2 is 1.91 bits per heavy atom. The smallest absolute Gasteiger partial charge is 0.326 e. The SMILES string of the molecule is Cc1nc(-c2ccccc2)ccc1C(=O)N1CCC[C@H]1C(=O)O. The second kappa shape index (κ2) is 6.20. The summed E-state index contributed by atoms with van der Waals surface area (Å²) in [6.45, 7) is 2.27. The molecule has 1 aliphatic heterocycles. The first-order chi connectivity index (χ1) is 11.1. The van der Waals surface area contributed by atoms with E-state index in [0.29, 0.717) is 24.2 Å². The molecule has 5 heteroatoms. The summed E-state index contributed by atoms with van der Waals surface area (Å²) in [4.78, 5) is 29.9. The molecule has 1 fully saturated rings. The van der Waals surface area contributed by atoms with Crippen LogP contribution in [-0.2, 0) is 4.79 Å². The monoisotopic (exact) mass is 310 g/mol. The van der Waals surface area contributed by atoms with Gasteiger partial charge in [-0.15, -0.1) is 0 Å². The largest absolute Gasteiger partial charge is 0.480 e. The van der Waals surface area contributed by atoms with Crippen LogP contribution in [0.25, 0.3) is 11.3 Å². The molecule has 0 unspecified atom stereocenters. The Balaban J connectivity index is 1.89. The Morgan fingerprint density at radius 1 is 1.17 bits per heavy atom. The number of aromatic nitrogens is 1. The lowest BCUT2D eigenvalue weighted by Crippen LogP contribution is -2.40. The molecule has 1 aromatic heterocycles. The van der Waals surface area contributed by atoms with E-state index in [0.717, 1.165) is 17.7 Å². The van der Waals surface area contributed by atoms with Gasteiger partial charge in [0.1, 0.15) is 6.04 Å². The topological polar surface area (TPSA) is 70.5 Å². The van der Waals surface area contributed by atoms with Gasteiger partial charge in [-0.3, -0.25) is 9.78 Å². The van der Waals surface area contributed by atoms with Gasteiger partial charge in [0.2, 0.25) is 0 Å². The first kappa shape index (κ1) is 15.2. The van der Waals surface area contributed by atoms with Crippen LogP contribution in [0.15, 0.2) is 42.5 Å². The lowest BCUT2D eigenvalue weighted by Gasteiger charge is -2.22. The Bertz CT molecular complexity index is 743. The molecule has 1 atom stereocenters. The highest BCUT2D eigenvalue weighted by Gasteiger charge is 2.35. The Morgan fingerprint density at radius 3 is 2.57 bits per heavy atom. The predicted molar refractivity (Wildman–Crippen MR) is 86.1 cm³/mol. The number of aliphatic carboxylic acids is 1. The van der Waals surface area contributed by atoms with Gasteiger partial charge in [0, 0.05) is 12.1 Å². The number of carboxylic acids is 1. The average molecular weight is 310 g/mol. The summed E-state index contributed by atoms with van der Waals surface area (Å²) in [6.07, 6.45) is 1.23. The molecule has 1 aromatic carbocycles. The molecule has 1 aliphatic rings. The summed E-state index contributed by atoms with van der Waals surface area (Å²) in [5, 5.41) is 9.23. The van der Waals surface area contributed by atoms with Crippen molar-refractivity contribution in [2.24, 2.45) is 0 Å². The van der Waals surface area contributed by atoms with Gasteiger partial charge in [-0.05, 0) is 31.9 Å². The number of nitrogens with zero attached hydrogens (tertiary/aromatic N) is 2. The molecule has 2 aromatic rings. The molecule has 0 aliphatic carbocycles. The molecule has 1 amide bonds. The van der Waals surface area contributed by atoms with E-state index in [1.54, 1.807) is 19.1 Å². The number of hydrogen-bond acceptors (Lipinski definition) is 3. The molecule has 5 nitrogen and oxygen atoms in total. The molecule has 1 N–H and O–H groups in total. The van der Waals surface area contributed by atoms with Crippen LogP contribution in [0, 0.1) is 6.92 Å².